The Bertz CT molecular complexity index is 391. The highest BCUT2D eigenvalue weighted by molar-refractivity contribution is 5.17. The number of imidazole rings is 1. The van der Waals surface area contributed by atoms with Crippen LogP contribution in [0.25, 0.3) is 0 Å². The minimum atomic E-state index is 0.293. The van der Waals surface area contributed by atoms with E-state index >= 15 is 0 Å². The molecule has 1 aromatic rings. The summed E-state index contributed by atoms with van der Waals surface area (Å²) in [5.74, 6) is 7.42. The zero-order chi connectivity index (χ0) is 12.8. The summed E-state index contributed by atoms with van der Waals surface area (Å²) < 4.78 is 2.06. The molecule has 96 valence electrons. The van der Waals surface area contributed by atoms with E-state index in [9.17, 15) is 0 Å². The van der Waals surface area contributed by atoms with E-state index in [1.54, 1.807) is 0 Å². The van der Waals surface area contributed by atoms with Crippen molar-refractivity contribution in [2.75, 3.05) is 0 Å². The van der Waals surface area contributed by atoms with E-state index in [0.717, 1.165) is 12.2 Å². The third-order valence-electron chi connectivity index (χ3n) is 5.07. The van der Waals surface area contributed by atoms with Gasteiger partial charge in [0.1, 0.15) is 5.82 Å². The van der Waals surface area contributed by atoms with Crippen LogP contribution < -0.4 is 11.3 Å². The maximum Gasteiger partial charge on any atom is 0.109 e. The normalized spacial score (nSPS) is 23.6. The zero-order valence-electron chi connectivity index (χ0n) is 11.5. The number of hydrogen-bond donors (Lipinski definition) is 2. The second-order valence-electron chi connectivity index (χ2n) is 6.35. The van der Waals surface area contributed by atoms with Gasteiger partial charge in [-0.1, -0.05) is 27.7 Å². The van der Waals surface area contributed by atoms with Gasteiger partial charge in [-0.3, -0.25) is 11.3 Å². The van der Waals surface area contributed by atoms with E-state index in [0.29, 0.717) is 22.8 Å². The summed E-state index contributed by atoms with van der Waals surface area (Å²) in [5.41, 5.74) is 3.67. The fraction of sp³-hybridized carbons (Fsp3) is 0.769. The van der Waals surface area contributed by atoms with E-state index in [4.69, 9.17) is 5.84 Å². The minimum Gasteiger partial charge on any atom is -0.338 e. The first kappa shape index (κ1) is 12.6. The second-order valence-corrected chi connectivity index (χ2v) is 6.35. The van der Waals surface area contributed by atoms with Crippen molar-refractivity contribution in [2.24, 2.45) is 29.6 Å². The fourth-order valence-corrected chi connectivity index (χ4v) is 3.32. The predicted octanol–water partition coefficient (Wildman–Crippen LogP) is 1.48. The van der Waals surface area contributed by atoms with Crippen molar-refractivity contribution in [1.29, 1.82) is 0 Å². The topological polar surface area (TPSA) is 55.9 Å². The number of rotatable bonds is 4. The molecule has 1 unspecified atom stereocenters. The van der Waals surface area contributed by atoms with Gasteiger partial charge in [-0.05, 0) is 16.7 Å². The van der Waals surface area contributed by atoms with Crippen molar-refractivity contribution >= 4 is 0 Å². The molecule has 0 spiro atoms. The molecule has 1 saturated carbocycles. The molecule has 0 radical (unpaired) electrons. The number of hydrazine groups is 1. The van der Waals surface area contributed by atoms with Gasteiger partial charge < -0.3 is 4.57 Å². The predicted molar refractivity (Wildman–Crippen MR) is 69.1 cm³/mol. The first-order valence-electron chi connectivity index (χ1n) is 6.24. The molecule has 1 atom stereocenters. The summed E-state index contributed by atoms with van der Waals surface area (Å²) in [6.45, 7) is 9.28. The minimum absolute atomic E-state index is 0.293. The quantitative estimate of drug-likeness (QED) is 0.615. The maximum absolute atomic E-state index is 5.74. The number of nitrogens with two attached hydrogens (primary N) is 1. The molecule has 1 aliphatic rings. The zero-order valence-corrected chi connectivity index (χ0v) is 11.5. The van der Waals surface area contributed by atoms with Crippen LogP contribution in [-0.4, -0.2) is 15.6 Å². The summed E-state index contributed by atoms with van der Waals surface area (Å²) >= 11 is 0. The number of nitrogens with one attached hydrogen (secondary N) is 1. The van der Waals surface area contributed by atoms with Crippen molar-refractivity contribution in [3.8, 4) is 0 Å². The highest BCUT2D eigenvalue weighted by Gasteiger charge is 2.66. The standard InChI is InChI=1S/C13H24N4/c1-12(2)11(13(12,3)4)9(16-14)8-10-15-6-7-17(10)5/h6-7,9,11,16H,8,14H2,1-5H3. The molecule has 1 heterocycles. The lowest BCUT2D eigenvalue weighted by atomic mass is 10.0. The molecule has 4 heteroatoms. The molecule has 0 amide bonds. The van der Waals surface area contributed by atoms with Gasteiger partial charge in [0.15, 0.2) is 0 Å². The van der Waals surface area contributed by atoms with E-state index in [-0.39, 0.29) is 0 Å². The molecular formula is C13H24N4. The number of aromatic nitrogens is 2. The highest BCUT2D eigenvalue weighted by Crippen LogP contribution is 2.69. The Morgan fingerprint density at radius 1 is 1.41 bits per heavy atom. The highest BCUT2D eigenvalue weighted by atomic mass is 15.2. The fourth-order valence-electron chi connectivity index (χ4n) is 3.32. The molecule has 0 aromatic carbocycles. The Morgan fingerprint density at radius 3 is 2.35 bits per heavy atom. The van der Waals surface area contributed by atoms with Gasteiger partial charge in [-0.15, -0.1) is 0 Å². The lowest BCUT2D eigenvalue weighted by molar-refractivity contribution is 0.393. The van der Waals surface area contributed by atoms with Gasteiger partial charge in [-0.2, -0.15) is 0 Å². The van der Waals surface area contributed by atoms with Crippen molar-refractivity contribution in [3.63, 3.8) is 0 Å². The Balaban J connectivity index is 2.12. The van der Waals surface area contributed by atoms with Crippen LogP contribution >= 0.6 is 0 Å². The molecular weight excluding hydrogens is 212 g/mol. The Kier molecular flexibility index (Phi) is 2.83. The monoisotopic (exact) mass is 236 g/mol. The van der Waals surface area contributed by atoms with Crippen LogP contribution in [0.3, 0.4) is 0 Å². The first-order chi connectivity index (χ1) is 7.82. The van der Waals surface area contributed by atoms with Crippen LogP contribution in [-0.2, 0) is 13.5 Å². The van der Waals surface area contributed by atoms with Gasteiger partial charge in [0, 0.05) is 31.9 Å². The Morgan fingerprint density at radius 2 is 2.00 bits per heavy atom. The molecule has 1 aromatic heterocycles. The average Bonchev–Trinajstić information content (AvgIpc) is 2.56. The summed E-state index contributed by atoms with van der Waals surface area (Å²) in [4.78, 5) is 4.38. The van der Waals surface area contributed by atoms with Crippen LogP contribution in [0.15, 0.2) is 12.4 Å². The van der Waals surface area contributed by atoms with Gasteiger partial charge in [0.05, 0.1) is 0 Å². The molecule has 17 heavy (non-hydrogen) atoms. The number of hydrogen-bond acceptors (Lipinski definition) is 3. The maximum atomic E-state index is 5.74. The van der Waals surface area contributed by atoms with E-state index in [1.807, 2.05) is 19.4 Å². The summed E-state index contributed by atoms with van der Waals surface area (Å²) in [6, 6.07) is 0.293. The number of aryl methyl sites for hydroxylation is 1. The van der Waals surface area contributed by atoms with E-state index < -0.39 is 0 Å². The largest absolute Gasteiger partial charge is 0.338 e. The van der Waals surface area contributed by atoms with Gasteiger partial charge in [0.2, 0.25) is 0 Å². The molecule has 4 nitrogen and oxygen atoms in total. The second kappa shape index (κ2) is 3.82. The molecule has 1 aliphatic carbocycles. The van der Waals surface area contributed by atoms with Gasteiger partial charge in [-0.25, -0.2) is 4.98 Å². The SMILES string of the molecule is Cn1ccnc1CC(NN)C1C(C)(C)C1(C)C. The van der Waals surface area contributed by atoms with E-state index in [1.165, 1.54) is 0 Å². The van der Waals surface area contributed by atoms with Crippen molar-refractivity contribution in [1.82, 2.24) is 15.0 Å². The summed E-state index contributed by atoms with van der Waals surface area (Å²) in [5, 5.41) is 0. The third-order valence-corrected chi connectivity index (χ3v) is 5.07. The van der Waals surface area contributed by atoms with Gasteiger partial charge in [0.25, 0.3) is 0 Å². The smallest absolute Gasteiger partial charge is 0.109 e. The van der Waals surface area contributed by atoms with Crippen molar-refractivity contribution in [2.45, 2.75) is 40.2 Å². The van der Waals surface area contributed by atoms with Crippen molar-refractivity contribution < 1.29 is 0 Å². The van der Waals surface area contributed by atoms with Crippen molar-refractivity contribution in [3.05, 3.63) is 18.2 Å². The first-order valence-corrected chi connectivity index (χ1v) is 6.24. The number of nitrogens with zero attached hydrogens (tertiary/aromatic N) is 2. The van der Waals surface area contributed by atoms with Crippen LogP contribution in [0, 0.1) is 16.7 Å². The van der Waals surface area contributed by atoms with E-state index in [2.05, 4.69) is 42.7 Å². The summed E-state index contributed by atoms with van der Waals surface area (Å²) in [7, 11) is 2.03. The lowest BCUT2D eigenvalue weighted by Crippen LogP contribution is -2.40. The molecule has 0 aliphatic heterocycles. The average molecular weight is 236 g/mol. The third kappa shape index (κ3) is 1.79. The molecule has 2 rings (SSSR count). The van der Waals surface area contributed by atoms with Crippen LogP contribution in [0.2, 0.25) is 0 Å². The molecule has 0 saturated heterocycles. The van der Waals surface area contributed by atoms with Gasteiger partial charge >= 0.3 is 0 Å². The van der Waals surface area contributed by atoms with Crippen LogP contribution in [0.4, 0.5) is 0 Å². The molecule has 1 fully saturated rings. The van der Waals surface area contributed by atoms with Crippen LogP contribution in [0.5, 0.6) is 0 Å². The van der Waals surface area contributed by atoms with Crippen LogP contribution in [0.1, 0.15) is 33.5 Å². The lowest BCUT2D eigenvalue weighted by Gasteiger charge is -2.17. The Labute approximate surface area is 104 Å². The molecule has 0 bridgehead atoms. The Hall–Kier alpha value is -0.870. The molecule has 3 N–H and O–H groups in total. The summed E-state index contributed by atoms with van der Waals surface area (Å²) in [6.07, 6.45) is 4.70.